The van der Waals surface area contributed by atoms with Crippen molar-refractivity contribution >= 4 is 11.9 Å². The first-order chi connectivity index (χ1) is 12.2. The molecule has 0 aliphatic heterocycles. The number of unbranched alkanes of at least 4 members (excludes halogenated alkanes) is 7. The number of esters is 2. The van der Waals surface area contributed by atoms with E-state index in [0.29, 0.717) is 26.1 Å². The van der Waals surface area contributed by atoms with E-state index in [2.05, 4.69) is 19.6 Å². The first-order valence-electron chi connectivity index (χ1n) is 9.77. The van der Waals surface area contributed by atoms with Gasteiger partial charge >= 0.3 is 11.9 Å². The predicted octanol–water partition coefficient (Wildman–Crippen LogP) is 5.52. The lowest BCUT2D eigenvalue weighted by Gasteiger charge is -2.03. The van der Waals surface area contributed by atoms with E-state index in [9.17, 15) is 9.59 Å². The fourth-order valence-electron chi connectivity index (χ4n) is 2.32. The zero-order valence-corrected chi connectivity index (χ0v) is 16.0. The molecule has 0 atom stereocenters. The van der Waals surface area contributed by atoms with Crippen LogP contribution >= 0.6 is 0 Å². The predicted molar refractivity (Wildman–Crippen MR) is 102 cm³/mol. The normalized spacial score (nSPS) is 10.8. The maximum absolute atomic E-state index is 11.5. The van der Waals surface area contributed by atoms with Gasteiger partial charge in [-0.15, -0.1) is 6.58 Å². The molecular formula is C21H36O4. The van der Waals surface area contributed by atoms with Gasteiger partial charge in [-0.2, -0.15) is 0 Å². The summed E-state index contributed by atoms with van der Waals surface area (Å²) in [7, 11) is 0. The van der Waals surface area contributed by atoms with Gasteiger partial charge in [0.25, 0.3) is 0 Å². The van der Waals surface area contributed by atoms with Crippen molar-refractivity contribution in [3.05, 3.63) is 24.8 Å². The summed E-state index contributed by atoms with van der Waals surface area (Å²) in [6, 6.07) is 0. The molecule has 0 aliphatic carbocycles. The fraction of sp³-hybridized carbons (Fsp3) is 0.714. The van der Waals surface area contributed by atoms with Gasteiger partial charge < -0.3 is 9.47 Å². The maximum Gasteiger partial charge on any atom is 0.306 e. The van der Waals surface area contributed by atoms with Gasteiger partial charge in [0.05, 0.1) is 6.61 Å². The molecule has 0 amide bonds. The van der Waals surface area contributed by atoms with Gasteiger partial charge in [-0.1, -0.05) is 63.7 Å². The van der Waals surface area contributed by atoms with E-state index in [1.54, 1.807) is 6.08 Å². The third kappa shape index (κ3) is 18.6. The number of hydrogen-bond donors (Lipinski definition) is 0. The van der Waals surface area contributed by atoms with Gasteiger partial charge in [0.1, 0.15) is 6.61 Å². The number of hydrogen-bond acceptors (Lipinski definition) is 4. The Morgan fingerprint density at radius 1 is 0.800 bits per heavy atom. The molecule has 0 aromatic heterocycles. The minimum absolute atomic E-state index is 0.250. The smallest absolute Gasteiger partial charge is 0.306 e. The Kier molecular flexibility index (Phi) is 17.6. The molecule has 0 unspecified atom stereocenters. The Morgan fingerprint density at radius 2 is 1.44 bits per heavy atom. The highest BCUT2D eigenvalue weighted by atomic mass is 16.5. The summed E-state index contributed by atoms with van der Waals surface area (Å²) in [5.74, 6) is -0.538. The van der Waals surface area contributed by atoms with Crippen LogP contribution in [0.3, 0.4) is 0 Å². The lowest BCUT2D eigenvalue weighted by molar-refractivity contribution is -0.144. The molecule has 0 aliphatic rings. The van der Waals surface area contributed by atoms with Crippen LogP contribution in [-0.4, -0.2) is 25.2 Å². The molecule has 0 bridgehead atoms. The molecule has 0 aromatic rings. The molecule has 0 N–H and O–H groups in total. The lowest BCUT2D eigenvalue weighted by Crippen LogP contribution is -2.08. The van der Waals surface area contributed by atoms with Crippen molar-refractivity contribution in [3.63, 3.8) is 0 Å². The Bertz CT molecular complexity index is 374. The molecule has 144 valence electrons. The molecule has 25 heavy (non-hydrogen) atoms. The van der Waals surface area contributed by atoms with Gasteiger partial charge in [0, 0.05) is 12.8 Å². The Hall–Kier alpha value is -1.58. The van der Waals surface area contributed by atoms with Crippen LogP contribution in [-0.2, 0) is 19.1 Å². The number of carbonyl (C=O) groups is 2. The molecule has 4 heteroatoms. The highest BCUT2D eigenvalue weighted by molar-refractivity contribution is 5.72. The van der Waals surface area contributed by atoms with Crippen molar-refractivity contribution in [2.24, 2.45) is 0 Å². The molecule has 4 nitrogen and oxygen atoms in total. The minimum Gasteiger partial charge on any atom is -0.465 e. The van der Waals surface area contributed by atoms with Crippen molar-refractivity contribution in [1.29, 1.82) is 0 Å². The van der Waals surface area contributed by atoms with Crippen molar-refractivity contribution in [3.8, 4) is 0 Å². The van der Waals surface area contributed by atoms with Gasteiger partial charge in [0.2, 0.25) is 0 Å². The summed E-state index contributed by atoms with van der Waals surface area (Å²) in [6.07, 6.45) is 17.5. The van der Waals surface area contributed by atoms with Crippen LogP contribution in [0.1, 0.15) is 84.0 Å². The topological polar surface area (TPSA) is 52.6 Å². The zero-order valence-electron chi connectivity index (χ0n) is 16.0. The summed E-state index contributed by atoms with van der Waals surface area (Å²) in [5.41, 5.74) is 0. The molecule has 0 heterocycles. The first-order valence-corrected chi connectivity index (χ1v) is 9.77. The van der Waals surface area contributed by atoms with Crippen LogP contribution in [0.25, 0.3) is 0 Å². The zero-order chi connectivity index (χ0) is 18.6. The molecule has 0 saturated heterocycles. The van der Waals surface area contributed by atoms with Crippen LogP contribution in [0.5, 0.6) is 0 Å². The molecule has 0 rings (SSSR count). The third-order valence-corrected chi connectivity index (χ3v) is 3.83. The Morgan fingerprint density at radius 3 is 2.12 bits per heavy atom. The molecule has 0 saturated carbocycles. The van der Waals surface area contributed by atoms with E-state index >= 15 is 0 Å². The average Bonchev–Trinajstić information content (AvgIpc) is 2.60. The molecule has 0 fully saturated rings. The SMILES string of the molecule is C=CCCOC(=O)CCCC(=O)OC/C=C/CCCCCCCCC. The standard InChI is InChI=1S/C21H36O4/c1-3-5-7-8-9-10-11-12-13-14-19-25-21(23)17-15-16-20(22)24-18-6-4-2/h4,13-14H,2-3,5-12,15-19H2,1H3/b14-13+. The number of rotatable bonds is 17. The third-order valence-electron chi connectivity index (χ3n) is 3.83. The second-order valence-corrected chi connectivity index (χ2v) is 6.22. The van der Waals surface area contributed by atoms with Crippen molar-refractivity contribution in [2.75, 3.05) is 13.2 Å². The maximum atomic E-state index is 11.5. The van der Waals surface area contributed by atoms with Crippen molar-refractivity contribution in [1.82, 2.24) is 0 Å². The summed E-state index contributed by atoms with van der Waals surface area (Å²) in [4.78, 5) is 22.9. The molecular weight excluding hydrogens is 316 g/mol. The van der Waals surface area contributed by atoms with Crippen molar-refractivity contribution in [2.45, 2.75) is 84.0 Å². The van der Waals surface area contributed by atoms with Crippen LogP contribution in [0.4, 0.5) is 0 Å². The van der Waals surface area contributed by atoms with Crippen LogP contribution in [0.15, 0.2) is 24.8 Å². The summed E-state index contributed by atoms with van der Waals surface area (Å²) in [5, 5.41) is 0. The lowest BCUT2D eigenvalue weighted by atomic mass is 10.1. The van der Waals surface area contributed by atoms with E-state index < -0.39 is 0 Å². The Balaban J connectivity index is 3.39. The summed E-state index contributed by atoms with van der Waals surface area (Å²) >= 11 is 0. The van der Waals surface area contributed by atoms with E-state index in [-0.39, 0.29) is 24.8 Å². The Labute approximate surface area is 153 Å². The molecule has 0 radical (unpaired) electrons. The largest absolute Gasteiger partial charge is 0.465 e. The highest BCUT2D eigenvalue weighted by Gasteiger charge is 2.06. The molecule has 0 spiro atoms. The minimum atomic E-state index is -0.274. The molecule has 0 aromatic carbocycles. The van der Waals surface area contributed by atoms with E-state index in [0.717, 1.165) is 6.42 Å². The second-order valence-electron chi connectivity index (χ2n) is 6.22. The monoisotopic (exact) mass is 352 g/mol. The van der Waals surface area contributed by atoms with Gasteiger partial charge in [-0.25, -0.2) is 0 Å². The van der Waals surface area contributed by atoms with E-state index in [1.165, 1.54) is 44.9 Å². The quantitative estimate of drug-likeness (QED) is 0.197. The van der Waals surface area contributed by atoms with Crippen LogP contribution < -0.4 is 0 Å². The highest BCUT2D eigenvalue weighted by Crippen LogP contribution is 2.08. The van der Waals surface area contributed by atoms with Gasteiger partial charge in [-0.05, 0) is 25.7 Å². The number of carbonyl (C=O) groups excluding carboxylic acids is 2. The summed E-state index contributed by atoms with van der Waals surface area (Å²) in [6.45, 7) is 6.46. The number of ether oxygens (including phenoxy) is 2. The van der Waals surface area contributed by atoms with Crippen LogP contribution in [0.2, 0.25) is 0 Å². The number of allylic oxidation sites excluding steroid dienone is 1. The first kappa shape index (κ1) is 23.4. The van der Waals surface area contributed by atoms with Crippen LogP contribution in [0, 0.1) is 0 Å². The van der Waals surface area contributed by atoms with Gasteiger partial charge in [0.15, 0.2) is 0 Å². The van der Waals surface area contributed by atoms with E-state index in [1.807, 2.05) is 6.08 Å². The van der Waals surface area contributed by atoms with Crippen molar-refractivity contribution < 1.29 is 19.1 Å². The van der Waals surface area contributed by atoms with Gasteiger partial charge in [-0.3, -0.25) is 9.59 Å². The van der Waals surface area contributed by atoms with E-state index in [4.69, 9.17) is 9.47 Å². The fourth-order valence-corrected chi connectivity index (χ4v) is 2.32. The second kappa shape index (κ2) is 18.8. The average molecular weight is 353 g/mol. The summed E-state index contributed by atoms with van der Waals surface area (Å²) < 4.78 is 10.1.